The van der Waals surface area contributed by atoms with E-state index in [4.69, 9.17) is 5.11 Å². The third-order valence-electron chi connectivity index (χ3n) is 2.52. The summed E-state index contributed by atoms with van der Waals surface area (Å²) in [5, 5.41) is 9.55. The maximum Gasteiger partial charge on any atom is 0.0848 e. The lowest BCUT2D eigenvalue weighted by Crippen LogP contribution is -1.75. The van der Waals surface area contributed by atoms with Crippen LogP contribution < -0.4 is 0 Å². The maximum atomic E-state index is 8.17. The van der Waals surface area contributed by atoms with Gasteiger partial charge < -0.3 is 5.11 Å². The number of allylic oxidation sites excluding steroid dienone is 1. The lowest BCUT2D eigenvalue weighted by atomic mass is 10.1. The molecule has 2 aromatic rings. The zero-order chi connectivity index (χ0) is 12.8. The summed E-state index contributed by atoms with van der Waals surface area (Å²) < 4.78 is 1.42. The fourth-order valence-corrected chi connectivity index (χ4v) is 2.42. The van der Waals surface area contributed by atoms with Crippen LogP contribution in [0.15, 0.2) is 36.6 Å². The van der Waals surface area contributed by atoms with E-state index in [1.54, 1.807) is 0 Å². The minimum absolute atomic E-state index is 0.255. The van der Waals surface area contributed by atoms with Crippen LogP contribution in [0.25, 0.3) is 10.1 Å². The van der Waals surface area contributed by atoms with Crippen LogP contribution in [0.4, 0.5) is 0 Å². The number of hydrogen-bond donors (Lipinski definition) is 1. The van der Waals surface area contributed by atoms with Crippen LogP contribution in [0, 0.1) is 6.92 Å². The molecule has 0 fully saturated rings. The van der Waals surface area contributed by atoms with Crippen LogP contribution in [-0.2, 0) is 6.42 Å². The molecule has 92 valence electrons. The van der Waals surface area contributed by atoms with E-state index in [0.29, 0.717) is 6.42 Å². The monoisotopic (exact) mass is 248 g/mol. The Morgan fingerprint density at radius 3 is 2.47 bits per heavy atom. The van der Waals surface area contributed by atoms with Crippen LogP contribution >= 0.6 is 11.3 Å². The number of aryl methyl sites for hydroxylation is 2. The zero-order valence-corrected chi connectivity index (χ0v) is 11.6. The van der Waals surface area contributed by atoms with Gasteiger partial charge in [-0.15, -0.1) is 11.3 Å². The minimum atomic E-state index is 0.255. The van der Waals surface area contributed by atoms with Crippen molar-refractivity contribution in [2.75, 3.05) is 0 Å². The van der Waals surface area contributed by atoms with Crippen LogP contribution in [0.5, 0.6) is 0 Å². The summed E-state index contributed by atoms with van der Waals surface area (Å²) in [6, 6.07) is 8.98. The van der Waals surface area contributed by atoms with E-state index in [0.717, 1.165) is 6.42 Å². The molecule has 0 saturated carbocycles. The Morgan fingerprint density at radius 1 is 1.29 bits per heavy atom. The van der Waals surface area contributed by atoms with Gasteiger partial charge in [0.2, 0.25) is 0 Å². The Bertz CT molecular complexity index is 497. The van der Waals surface area contributed by atoms with Gasteiger partial charge in [-0.2, -0.15) is 0 Å². The minimum Gasteiger partial charge on any atom is -0.513 e. The molecule has 17 heavy (non-hydrogen) atoms. The highest BCUT2D eigenvalue weighted by atomic mass is 32.1. The summed E-state index contributed by atoms with van der Waals surface area (Å²) in [5.41, 5.74) is 1.43. The van der Waals surface area contributed by atoms with Gasteiger partial charge in [0.25, 0.3) is 0 Å². The van der Waals surface area contributed by atoms with E-state index < -0.39 is 0 Å². The molecule has 0 spiro atoms. The van der Waals surface area contributed by atoms with Crippen LogP contribution in [0.2, 0.25) is 0 Å². The van der Waals surface area contributed by atoms with Gasteiger partial charge in [0.15, 0.2) is 0 Å². The first-order valence-electron chi connectivity index (χ1n) is 5.92. The molecule has 1 aromatic heterocycles. The predicted octanol–water partition coefficient (Wildman–Crippen LogP) is 5.24. The Hall–Kier alpha value is -1.28. The quantitative estimate of drug-likeness (QED) is 0.720. The fourth-order valence-electron chi connectivity index (χ4n) is 1.43. The van der Waals surface area contributed by atoms with E-state index in [1.807, 2.05) is 18.3 Å². The molecule has 0 aliphatic carbocycles. The number of aliphatic hydroxyl groups excluding tert-OH is 1. The fraction of sp³-hybridized carbons (Fsp3) is 0.333. The van der Waals surface area contributed by atoms with Crippen molar-refractivity contribution in [3.8, 4) is 0 Å². The summed E-state index contributed by atoms with van der Waals surface area (Å²) >= 11 is 1.88. The first-order chi connectivity index (χ1) is 8.06. The average Bonchev–Trinajstić information content (AvgIpc) is 2.68. The van der Waals surface area contributed by atoms with Gasteiger partial charge in [0.1, 0.15) is 0 Å². The van der Waals surface area contributed by atoms with Crippen molar-refractivity contribution in [1.29, 1.82) is 0 Å². The second-order valence-electron chi connectivity index (χ2n) is 4.00. The third kappa shape index (κ3) is 4.23. The van der Waals surface area contributed by atoms with Crippen molar-refractivity contribution < 1.29 is 5.11 Å². The molecule has 0 radical (unpaired) electrons. The summed E-state index contributed by atoms with van der Waals surface area (Å²) in [5.74, 6) is 0.255. The van der Waals surface area contributed by atoms with Crippen molar-refractivity contribution in [1.82, 2.24) is 0 Å². The number of thiophene rings is 1. The van der Waals surface area contributed by atoms with E-state index >= 15 is 0 Å². The van der Waals surface area contributed by atoms with Gasteiger partial charge in [-0.1, -0.05) is 32.6 Å². The molecule has 1 N–H and O–H groups in total. The van der Waals surface area contributed by atoms with Crippen LogP contribution in [0.3, 0.4) is 0 Å². The van der Waals surface area contributed by atoms with E-state index in [9.17, 15) is 0 Å². The lowest BCUT2D eigenvalue weighted by molar-refractivity contribution is 0.397. The summed E-state index contributed by atoms with van der Waals surface area (Å²) in [7, 11) is 0. The molecule has 2 heteroatoms. The van der Waals surface area contributed by atoms with Crippen molar-refractivity contribution in [3.63, 3.8) is 0 Å². The molecule has 1 aromatic carbocycles. The molecule has 0 saturated heterocycles. The summed E-state index contributed by atoms with van der Waals surface area (Å²) in [4.78, 5) is 1.40. The molecule has 0 unspecified atom stereocenters. The Morgan fingerprint density at radius 2 is 1.94 bits per heavy atom. The van der Waals surface area contributed by atoms with Gasteiger partial charge in [-0.25, -0.2) is 0 Å². The molecular weight excluding hydrogens is 228 g/mol. The van der Waals surface area contributed by atoms with E-state index in [-0.39, 0.29) is 5.76 Å². The van der Waals surface area contributed by atoms with Crippen molar-refractivity contribution in [2.45, 2.75) is 33.6 Å². The molecule has 0 aliphatic rings. The maximum absolute atomic E-state index is 8.17. The Kier molecular flexibility index (Phi) is 5.23. The lowest BCUT2D eigenvalue weighted by Gasteiger charge is -1.94. The highest BCUT2D eigenvalue weighted by Crippen LogP contribution is 2.25. The molecule has 0 aliphatic heterocycles. The molecular formula is C15H20OS. The van der Waals surface area contributed by atoms with E-state index in [1.165, 1.54) is 20.5 Å². The first kappa shape index (κ1) is 13.8. The molecule has 0 amide bonds. The summed E-state index contributed by atoms with van der Waals surface area (Å²) in [6.07, 6.45) is 1.80. The normalized spacial score (nSPS) is 9.82. The number of rotatable bonds is 2. The third-order valence-corrected chi connectivity index (χ3v) is 3.54. The van der Waals surface area contributed by atoms with E-state index in [2.05, 4.69) is 44.7 Å². The first-order valence-corrected chi connectivity index (χ1v) is 6.74. The number of aliphatic hydroxyl groups is 1. The standard InChI is InChI=1S/C11H12S.C4H8O/c1-3-9-4-5-10-6-8(2)12-11(10)7-9;1-3-4(2)5/h4-7H,3H2,1-2H3;5H,2-3H2,1H3. The number of hydrogen-bond acceptors (Lipinski definition) is 2. The highest BCUT2D eigenvalue weighted by molar-refractivity contribution is 7.19. The smallest absolute Gasteiger partial charge is 0.0848 e. The SMILES string of the molecule is C=C(O)CC.CCc1ccc2cc(C)sc2c1. The van der Waals surface area contributed by atoms with Crippen molar-refractivity contribution in [3.05, 3.63) is 47.0 Å². The average molecular weight is 248 g/mol. The topological polar surface area (TPSA) is 20.2 Å². The highest BCUT2D eigenvalue weighted by Gasteiger charge is 1.98. The molecule has 0 bridgehead atoms. The van der Waals surface area contributed by atoms with Crippen molar-refractivity contribution in [2.24, 2.45) is 0 Å². The molecule has 0 atom stereocenters. The second kappa shape index (κ2) is 6.45. The second-order valence-corrected chi connectivity index (χ2v) is 5.29. The van der Waals surface area contributed by atoms with Gasteiger partial charge in [-0.3, -0.25) is 0 Å². The van der Waals surface area contributed by atoms with Crippen LogP contribution in [0.1, 0.15) is 30.7 Å². The largest absolute Gasteiger partial charge is 0.513 e. The van der Waals surface area contributed by atoms with Crippen LogP contribution in [-0.4, -0.2) is 5.11 Å². The van der Waals surface area contributed by atoms with Gasteiger partial charge in [0, 0.05) is 16.0 Å². The molecule has 1 nitrogen and oxygen atoms in total. The zero-order valence-electron chi connectivity index (χ0n) is 10.8. The Balaban J connectivity index is 0.000000249. The molecule has 1 heterocycles. The van der Waals surface area contributed by atoms with Gasteiger partial charge in [-0.05, 0) is 36.4 Å². The summed E-state index contributed by atoms with van der Waals surface area (Å²) in [6.45, 7) is 9.44. The van der Waals surface area contributed by atoms with Gasteiger partial charge in [0.05, 0.1) is 5.76 Å². The van der Waals surface area contributed by atoms with Crippen molar-refractivity contribution >= 4 is 21.4 Å². The predicted molar refractivity (Wildman–Crippen MR) is 78.0 cm³/mol. The number of fused-ring (bicyclic) bond motifs is 1. The van der Waals surface area contributed by atoms with Gasteiger partial charge >= 0.3 is 0 Å². The Labute approximate surface area is 107 Å². The molecule has 2 rings (SSSR count). The number of benzene rings is 1.